The van der Waals surface area contributed by atoms with Crippen molar-refractivity contribution in [3.8, 4) is 0 Å². The molecule has 1 aromatic heterocycles. The van der Waals surface area contributed by atoms with E-state index >= 15 is 0 Å². The summed E-state index contributed by atoms with van der Waals surface area (Å²) in [5.41, 5.74) is 1.18. The van der Waals surface area contributed by atoms with E-state index in [1.807, 2.05) is 24.3 Å². The number of alkyl halides is 1. The number of hydrogen-bond donors (Lipinski definition) is 0. The van der Waals surface area contributed by atoms with E-state index in [1.165, 1.54) is 5.56 Å². The van der Waals surface area contributed by atoms with E-state index in [2.05, 4.69) is 21.0 Å². The van der Waals surface area contributed by atoms with Crippen LogP contribution in [-0.4, -0.2) is 38.5 Å². The second-order valence-electron chi connectivity index (χ2n) is 3.85. The number of likely N-dealkylation sites (tertiary alicyclic amines) is 1. The first kappa shape index (κ1) is 10.7. The minimum atomic E-state index is 0.0337. The molecule has 1 amide bonds. The van der Waals surface area contributed by atoms with Crippen LogP contribution in [0.4, 0.5) is 0 Å². The molecule has 2 rings (SSSR count). The van der Waals surface area contributed by atoms with Gasteiger partial charge < -0.3 is 4.90 Å². The summed E-state index contributed by atoms with van der Waals surface area (Å²) in [7, 11) is 1.90. The summed E-state index contributed by atoms with van der Waals surface area (Å²) in [5, 5.41) is 4.10. The maximum absolute atomic E-state index is 11.6. The first-order chi connectivity index (χ1) is 7.16. The number of halogens is 1. The minimum absolute atomic E-state index is 0.0337. The van der Waals surface area contributed by atoms with Gasteiger partial charge in [-0.1, -0.05) is 15.9 Å². The van der Waals surface area contributed by atoms with Gasteiger partial charge in [0.2, 0.25) is 5.91 Å². The Hall–Kier alpha value is -0.840. The summed E-state index contributed by atoms with van der Waals surface area (Å²) < 4.78 is 1.79. The molecule has 1 atom stereocenters. The zero-order valence-corrected chi connectivity index (χ0v) is 10.3. The normalized spacial score (nSPS) is 21.3. The maximum Gasteiger partial charge on any atom is 0.236 e. The fourth-order valence-corrected chi connectivity index (χ4v) is 2.28. The Kier molecular flexibility index (Phi) is 3.09. The quantitative estimate of drug-likeness (QED) is 0.769. The summed E-state index contributed by atoms with van der Waals surface area (Å²) >= 11 is 3.37. The first-order valence-electron chi connectivity index (χ1n) is 5.07. The third-order valence-corrected chi connectivity index (χ3v) is 3.51. The number of carbonyl (C=O) groups is 1. The highest BCUT2D eigenvalue weighted by Crippen LogP contribution is 2.18. The number of aryl methyl sites for hydroxylation is 1. The number of rotatable bonds is 3. The Morgan fingerprint density at radius 2 is 2.47 bits per heavy atom. The van der Waals surface area contributed by atoms with E-state index in [4.69, 9.17) is 0 Å². The molecule has 82 valence electrons. The van der Waals surface area contributed by atoms with Crippen molar-refractivity contribution in [1.29, 1.82) is 0 Å². The van der Waals surface area contributed by atoms with E-state index in [0.717, 1.165) is 25.9 Å². The van der Waals surface area contributed by atoms with E-state index in [1.54, 1.807) is 4.68 Å². The molecule has 1 unspecified atom stereocenters. The summed E-state index contributed by atoms with van der Waals surface area (Å²) in [4.78, 5) is 13.5. The molecular weight excluding hydrogens is 258 g/mol. The molecule has 1 fully saturated rings. The fourth-order valence-electron chi connectivity index (χ4n) is 1.79. The van der Waals surface area contributed by atoms with Gasteiger partial charge in [0.05, 0.1) is 11.0 Å². The Balaban J connectivity index is 1.86. The molecule has 0 radical (unpaired) electrons. The van der Waals surface area contributed by atoms with E-state index < -0.39 is 0 Å². The van der Waals surface area contributed by atoms with E-state index in [-0.39, 0.29) is 10.7 Å². The van der Waals surface area contributed by atoms with Gasteiger partial charge in [0.1, 0.15) is 0 Å². The standard InChI is InChI=1S/C10H14BrN3O/c1-13-7-8(6-12-13)2-4-14-5-3-9(11)10(14)15/h6-7,9H,2-5H2,1H3. The molecule has 1 aliphatic rings. The lowest BCUT2D eigenvalue weighted by atomic mass is 10.2. The molecular formula is C10H14BrN3O. The molecule has 0 bridgehead atoms. The van der Waals surface area contributed by atoms with Gasteiger partial charge in [0.25, 0.3) is 0 Å². The Labute approximate surface area is 97.4 Å². The van der Waals surface area contributed by atoms with Gasteiger partial charge in [-0.3, -0.25) is 9.48 Å². The lowest BCUT2D eigenvalue weighted by Gasteiger charge is -2.14. The topological polar surface area (TPSA) is 38.1 Å². The smallest absolute Gasteiger partial charge is 0.236 e. The Morgan fingerprint density at radius 3 is 3.00 bits per heavy atom. The van der Waals surface area contributed by atoms with Crippen LogP contribution in [0, 0.1) is 0 Å². The van der Waals surface area contributed by atoms with Crippen molar-refractivity contribution < 1.29 is 4.79 Å². The summed E-state index contributed by atoms with van der Waals surface area (Å²) in [6.45, 7) is 1.67. The van der Waals surface area contributed by atoms with Gasteiger partial charge >= 0.3 is 0 Å². The first-order valence-corrected chi connectivity index (χ1v) is 5.99. The van der Waals surface area contributed by atoms with Crippen LogP contribution in [0.15, 0.2) is 12.4 Å². The number of carbonyl (C=O) groups excluding carboxylic acids is 1. The molecule has 0 N–H and O–H groups in total. The zero-order valence-electron chi connectivity index (χ0n) is 8.69. The lowest BCUT2D eigenvalue weighted by molar-refractivity contribution is -0.127. The highest BCUT2D eigenvalue weighted by Gasteiger charge is 2.28. The van der Waals surface area contributed by atoms with Crippen LogP contribution in [0.5, 0.6) is 0 Å². The van der Waals surface area contributed by atoms with Gasteiger partial charge in [0, 0.05) is 26.3 Å². The van der Waals surface area contributed by atoms with Crippen LogP contribution in [0.3, 0.4) is 0 Å². The third kappa shape index (κ3) is 2.40. The molecule has 0 saturated carbocycles. The van der Waals surface area contributed by atoms with Gasteiger partial charge in [-0.15, -0.1) is 0 Å². The molecule has 0 aromatic carbocycles. The molecule has 2 heterocycles. The minimum Gasteiger partial charge on any atom is -0.341 e. The van der Waals surface area contributed by atoms with Crippen LogP contribution in [0.25, 0.3) is 0 Å². The summed E-state index contributed by atoms with van der Waals surface area (Å²) in [6, 6.07) is 0. The molecule has 4 nitrogen and oxygen atoms in total. The van der Waals surface area contributed by atoms with Crippen LogP contribution < -0.4 is 0 Å². The maximum atomic E-state index is 11.6. The van der Waals surface area contributed by atoms with Crippen molar-refractivity contribution >= 4 is 21.8 Å². The van der Waals surface area contributed by atoms with Crippen LogP contribution in [0.1, 0.15) is 12.0 Å². The van der Waals surface area contributed by atoms with Crippen molar-refractivity contribution in [2.45, 2.75) is 17.7 Å². The van der Waals surface area contributed by atoms with Crippen LogP contribution in [-0.2, 0) is 18.3 Å². The predicted octanol–water partition coefficient (Wildman–Crippen LogP) is 0.958. The van der Waals surface area contributed by atoms with Crippen LogP contribution >= 0.6 is 15.9 Å². The highest BCUT2D eigenvalue weighted by molar-refractivity contribution is 9.10. The lowest BCUT2D eigenvalue weighted by Crippen LogP contribution is -2.29. The third-order valence-electron chi connectivity index (χ3n) is 2.66. The average Bonchev–Trinajstić information content (AvgIpc) is 2.74. The monoisotopic (exact) mass is 271 g/mol. The number of aromatic nitrogens is 2. The van der Waals surface area contributed by atoms with Gasteiger partial charge in [-0.05, 0) is 18.4 Å². The second-order valence-corrected chi connectivity index (χ2v) is 4.96. The number of hydrogen-bond acceptors (Lipinski definition) is 2. The van der Waals surface area contributed by atoms with Crippen LogP contribution in [0.2, 0.25) is 0 Å². The van der Waals surface area contributed by atoms with E-state index in [0.29, 0.717) is 0 Å². The summed E-state index contributed by atoms with van der Waals surface area (Å²) in [6.07, 6.45) is 5.66. The van der Waals surface area contributed by atoms with Gasteiger partial charge in [-0.25, -0.2) is 0 Å². The second kappa shape index (κ2) is 4.35. The number of amides is 1. The SMILES string of the molecule is Cn1cc(CCN2CCC(Br)C2=O)cn1. The number of nitrogens with zero attached hydrogens (tertiary/aromatic N) is 3. The molecule has 0 spiro atoms. The van der Waals surface area contributed by atoms with E-state index in [9.17, 15) is 4.79 Å². The largest absolute Gasteiger partial charge is 0.341 e. The van der Waals surface area contributed by atoms with Gasteiger partial charge in [-0.2, -0.15) is 5.10 Å². The molecule has 1 aliphatic heterocycles. The molecule has 15 heavy (non-hydrogen) atoms. The molecule has 5 heteroatoms. The predicted molar refractivity (Wildman–Crippen MR) is 60.8 cm³/mol. The van der Waals surface area contributed by atoms with Crippen molar-refractivity contribution in [2.24, 2.45) is 7.05 Å². The summed E-state index contributed by atoms with van der Waals surface area (Å²) in [5.74, 6) is 0.221. The van der Waals surface area contributed by atoms with Crippen molar-refractivity contribution in [1.82, 2.24) is 14.7 Å². The van der Waals surface area contributed by atoms with Crippen molar-refractivity contribution in [3.05, 3.63) is 18.0 Å². The fraction of sp³-hybridized carbons (Fsp3) is 0.600. The molecule has 1 aromatic rings. The Bertz CT molecular complexity index is 363. The zero-order chi connectivity index (χ0) is 10.8. The highest BCUT2D eigenvalue weighted by atomic mass is 79.9. The average molecular weight is 272 g/mol. The molecule has 0 aliphatic carbocycles. The van der Waals surface area contributed by atoms with Crippen molar-refractivity contribution in [2.75, 3.05) is 13.1 Å². The Morgan fingerprint density at radius 1 is 1.67 bits per heavy atom. The molecule has 1 saturated heterocycles. The van der Waals surface area contributed by atoms with Gasteiger partial charge in [0.15, 0.2) is 0 Å². The van der Waals surface area contributed by atoms with Crippen molar-refractivity contribution in [3.63, 3.8) is 0 Å².